The topological polar surface area (TPSA) is 75.1 Å². The molecule has 0 radical (unpaired) electrons. The lowest BCUT2D eigenvalue weighted by Crippen LogP contribution is -2.29. The van der Waals surface area contributed by atoms with Crippen molar-refractivity contribution in [3.8, 4) is 5.75 Å². The molecule has 0 aliphatic heterocycles. The number of halogens is 1. The molecule has 1 atom stereocenters. The molecule has 0 fully saturated rings. The van der Waals surface area contributed by atoms with Crippen molar-refractivity contribution < 1.29 is 9.90 Å². The van der Waals surface area contributed by atoms with Crippen LogP contribution < -0.4 is 5.32 Å². The van der Waals surface area contributed by atoms with Crippen molar-refractivity contribution in [3.05, 3.63) is 65.1 Å². The van der Waals surface area contributed by atoms with Gasteiger partial charge in [-0.05, 0) is 36.8 Å². The first-order valence-electron chi connectivity index (χ1n) is 8.08. The zero-order chi connectivity index (χ0) is 17.8. The fraction of sp³-hybridized carbons (Fsp3) is 0.211. The standard InChI is InChI=1S/C19H18ClN3O2/c1-2-6-16(24)23-17(15-8-3-4-9-21-15)13-11-14(20)12-7-5-10-22-18(12)19(13)25/h3-5,7-11,17,25H,2,6H2,1H3,(H,23,24). The lowest BCUT2D eigenvalue weighted by atomic mass is 9.99. The minimum absolute atomic E-state index is 0.00699. The first-order chi connectivity index (χ1) is 12.1. The molecule has 2 heterocycles. The summed E-state index contributed by atoms with van der Waals surface area (Å²) in [5.41, 5.74) is 1.49. The highest BCUT2D eigenvalue weighted by molar-refractivity contribution is 6.35. The minimum Gasteiger partial charge on any atom is -0.505 e. The number of pyridine rings is 2. The first-order valence-corrected chi connectivity index (χ1v) is 8.46. The van der Waals surface area contributed by atoms with Gasteiger partial charge in [0.05, 0.1) is 10.7 Å². The van der Waals surface area contributed by atoms with Crippen LogP contribution in [0.5, 0.6) is 5.75 Å². The number of benzene rings is 1. The molecule has 0 spiro atoms. The molecule has 0 saturated carbocycles. The zero-order valence-electron chi connectivity index (χ0n) is 13.7. The monoisotopic (exact) mass is 355 g/mol. The van der Waals surface area contributed by atoms with Crippen molar-refractivity contribution in [2.75, 3.05) is 0 Å². The predicted octanol–water partition coefficient (Wildman–Crippen LogP) is 3.99. The Bertz CT molecular complexity index is 900. The summed E-state index contributed by atoms with van der Waals surface area (Å²) in [6.07, 6.45) is 4.36. The Morgan fingerprint density at radius 3 is 2.76 bits per heavy atom. The van der Waals surface area contributed by atoms with Gasteiger partial charge in [0, 0.05) is 29.8 Å². The molecule has 1 amide bonds. The summed E-state index contributed by atoms with van der Waals surface area (Å²) in [6, 6.07) is 10.0. The molecule has 0 bridgehead atoms. The summed E-state index contributed by atoms with van der Waals surface area (Å²) in [7, 11) is 0. The molecular weight excluding hydrogens is 338 g/mol. The summed E-state index contributed by atoms with van der Waals surface area (Å²) < 4.78 is 0. The summed E-state index contributed by atoms with van der Waals surface area (Å²) in [4.78, 5) is 20.7. The number of aromatic nitrogens is 2. The molecule has 25 heavy (non-hydrogen) atoms. The Labute approximate surface area is 150 Å². The largest absolute Gasteiger partial charge is 0.505 e. The van der Waals surface area contributed by atoms with Crippen molar-refractivity contribution >= 4 is 28.4 Å². The summed E-state index contributed by atoms with van der Waals surface area (Å²) in [6.45, 7) is 1.93. The third-order valence-corrected chi connectivity index (χ3v) is 4.23. The highest BCUT2D eigenvalue weighted by atomic mass is 35.5. The van der Waals surface area contributed by atoms with E-state index in [1.54, 1.807) is 42.7 Å². The van der Waals surface area contributed by atoms with E-state index in [4.69, 9.17) is 11.6 Å². The number of nitrogens with zero attached hydrogens (tertiary/aromatic N) is 2. The van der Waals surface area contributed by atoms with Crippen molar-refractivity contribution in [2.45, 2.75) is 25.8 Å². The minimum atomic E-state index is -0.607. The Kier molecular flexibility index (Phi) is 5.14. The lowest BCUT2D eigenvalue weighted by molar-refractivity contribution is -0.121. The maximum atomic E-state index is 12.2. The van der Waals surface area contributed by atoms with Gasteiger partial charge >= 0.3 is 0 Å². The highest BCUT2D eigenvalue weighted by Crippen LogP contribution is 2.37. The van der Waals surface area contributed by atoms with Gasteiger partial charge in [-0.15, -0.1) is 0 Å². The highest BCUT2D eigenvalue weighted by Gasteiger charge is 2.23. The normalized spacial score (nSPS) is 12.1. The number of carbonyl (C=O) groups excluding carboxylic acids is 1. The Hall–Kier alpha value is -2.66. The van der Waals surface area contributed by atoms with Crippen LogP contribution in [0.1, 0.15) is 37.1 Å². The molecule has 0 aliphatic rings. The van der Waals surface area contributed by atoms with Gasteiger partial charge in [-0.2, -0.15) is 0 Å². The first kappa shape index (κ1) is 17.2. The Morgan fingerprint density at radius 2 is 2.04 bits per heavy atom. The summed E-state index contributed by atoms with van der Waals surface area (Å²) >= 11 is 6.38. The fourth-order valence-corrected chi connectivity index (χ4v) is 3.01. The van der Waals surface area contributed by atoms with E-state index in [0.29, 0.717) is 33.6 Å². The molecule has 2 aromatic heterocycles. The van der Waals surface area contributed by atoms with E-state index in [0.717, 1.165) is 6.42 Å². The number of carbonyl (C=O) groups is 1. The van der Waals surface area contributed by atoms with Crippen LogP contribution in [0.15, 0.2) is 48.8 Å². The second-order valence-electron chi connectivity index (χ2n) is 5.70. The molecule has 3 rings (SSSR count). The second kappa shape index (κ2) is 7.49. The second-order valence-corrected chi connectivity index (χ2v) is 6.11. The third-order valence-electron chi connectivity index (χ3n) is 3.92. The predicted molar refractivity (Wildman–Crippen MR) is 97.5 cm³/mol. The number of nitrogens with one attached hydrogen (secondary N) is 1. The van der Waals surface area contributed by atoms with Gasteiger partial charge in [-0.25, -0.2) is 0 Å². The van der Waals surface area contributed by atoms with Crippen LogP contribution >= 0.6 is 11.6 Å². The van der Waals surface area contributed by atoms with Gasteiger partial charge in [-0.1, -0.05) is 24.6 Å². The van der Waals surface area contributed by atoms with Gasteiger partial charge in [0.2, 0.25) is 5.91 Å². The fourth-order valence-electron chi connectivity index (χ4n) is 2.74. The quantitative estimate of drug-likeness (QED) is 0.725. The molecule has 0 saturated heterocycles. The smallest absolute Gasteiger partial charge is 0.220 e. The van der Waals surface area contributed by atoms with Crippen molar-refractivity contribution in [3.63, 3.8) is 0 Å². The molecule has 6 heteroatoms. The molecule has 5 nitrogen and oxygen atoms in total. The average molecular weight is 356 g/mol. The van der Waals surface area contributed by atoms with Crippen LogP contribution in [-0.2, 0) is 4.79 Å². The van der Waals surface area contributed by atoms with E-state index < -0.39 is 6.04 Å². The van der Waals surface area contributed by atoms with Gasteiger partial charge in [0.15, 0.2) is 0 Å². The van der Waals surface area contributed by atoms with Crippen LogP contribution in [0.25, 0.3) is 10.9 Å². The number of aromatic hydroxyl groups is 1. The van der Waals surface area contributed by atoms with Crippen LogP contribution in [0.2, 0.25) is 5.02 Å². The SMILES string of the molecule is CCCC(=O)NC(c1ccccn1)c1cc(Cl)c2cccnc2c1O. The van der Waals surface area contributed by atoms with Crippen molar-refractivity contribution in [1.82, 2.24) is 15.3 Å². The number of fused-ring (bicyclic) bond motifs is 1. The molecule has 3 aromatic rings. The number of rotatable bonds is 5. The third kappa shape index (κ3) is 3.56. The lowest BCUT2D eigenvalue weighted by Gasteiger charge is -2.21. The van der Waals surface area contributed by atoms with E-state index in [1.807, 2.05) is 13.0 Å². The van der Waals surface area contributed by atoms with Crippen molar-refractivity contribution in [2.24, 2.45) is 0 Å². The molecule has 1 aromatic carbocycles. The van der Waals surface area contributed by atoms with Gasteiger partial charge in [0.25, 0.3) is 0 Å². The van der Waals surface area contributed by atoms with E-state index in [9.17, 15) is 9.90 Å². The maximum absolute atomic E-state index is 12.2. The van der Waals surface area contributed by atoms with Crippen LogP contribution in [0, 0.1) is 0 Å². The van der Waals surface area contributed by atoms with Crippen LogP contribution in [0.3, 0.4) is 0 Å². The summed E-state index contributed by atoms with van der Waals surface area (Å²) in [5.74, 6) is -0.123. The molecular formula is C19H18ClN3O2. The number of amides is 1. The molecule has 2 N–H and O–H groups in total. The Balaban J connectivity index is 2.14. The average Bonchev–Trinajstić information content (AvgIpc) is 2.64. The van der Waals surface area contributed by atoms with Crippen LogP contribution in [0.4, 0.5) is 0 Å². The summed E-state index contributed by atoms with van der Waals surface area (Å²) in [5, 5.41) is 14.8. The molecule has 128 valence electrons. The van der Waals surface area contributed by atoms with Crippen LogP contribution in [-0.4, -0.2) is 21.0 Å². The van der Waals surface area contributed by atoms with Gasteiger partial charge in [-0.3, -0.25) is 14.8 Å². The van der Waals surface area contributed by atoms with E-state index in [1.165, 1.54) is 0 Å². The number of hydrogen-bond acceptors (Lipinski definition) is 4. The Morgan fingerprint density at radius 1 is 1.24 bits per heavy atom. The molecule has 0 aliphatic carbocycles. The number of hydrogen-bond donors (Lipinski definition) is 2. The maximum Gasteiger partial charge on any atom is 0.220 e. The van der Waals surface area contributed by atoms with E-state index in [-0.39, 0.29) is 11.7 Å². The van der Waals surface area contributed by atoms with Gasteiger partial charge < -0.3 is 10.4 Å². The number of phenolic OH excluding ortho intramolecular Hbond substituents is 1. The van der Waals surface area contributed by atoms with Gasteiger partial charge in [0.1, 0.15) is 17.3 Å². The number of phenols is 1. The van der Waals surface area contributed by atoms with Crippen molar-refractivity contribution in [1.29, 1.82) is 0 Å². The zero-order valence-corrected chi connectivity index (χ0v) is 14.5. The van der Waals surface area contributed by atoms with E-state index in [2.05, 4.69) is 15.3 Å². The van der Waals surface area contributed by atoms with E-state index >= 15 is 0 Å². The molecule has 1 unspecified atom stereocenters.